The van der Waals surface area contributed by atoms with E-state index < -0.39 is 0 Å². The Morgan fingerprint density at radius 1 is 1.33 bits per heavy atom. The molecule has 0 spiro atoms. The van der Waals surface area contributed by atoms with Crippen LogP contribution in [0.4, 0.5) is 5.00 Å². The zero-order chi connectivity index (χ0) is 17.9. The van der Waals surface area contributed by atoms with Crippen molar-refractivity contribution >= 4 is 39.6 Å². The molecule has 0 unspecified atom stereocenters. The Hall–Kier alpha value is -1.18. The Morgan fingerprint density at radius 2 is 1.96 bits per heavy atom. The van der Waals surface area contributed by atoms with E-state index in [1.54, 1.807) is 0 Å². The van der Waals surface area contributed by atoms with Gasteiger partial charge in [-0.3, -0.25) is 0 Å². The predicted octanol–water partition coefficient (Wildman–Crippen LogP) is 3.31. The maximum Gasteiger partial charge on any atom is 0.341 e. The molecular formula is C17H27N3O2S2. The summed E-state index contributed by atoms with van der Waals surface area (Å²) in [6.45, 7) is 10.6. The number of carbonyl (C=O) groups is 1. The fraction of sp³-hybridized carbons (Fsp3) is 0.647. The Morgan fingerprint density at radius 3 is 2.50 bits per heavy atom. The molecule has 1 fully saturated rings. The Balaban J connectivity index is 1.96. The number of hydrogen-bond acceptors (Lipinski definition) is 5. The second kappa shape index (κ2) is 8.27. The minimum absolute atomic E-state index is 0.326. The van der Waals surface area contributed by atoms with E-state index in [9.17, 15) is 4.79 Å². The third kappa shape index (κ3) is 4.46. The molecular weight excluding hydrogens is 342 g/mol. The molecule has 1 saturated heterocycles. The second-order valence-corrected chi connectivity index (χ2v) is 8.11. The van der Waals surface area contributed by atoms with Crippen LogP contribution in [0.3, 0.4) is 0 Å². The van der Waals surface area contributed by atoms with E-state index in [0.717, 1.165) is 41.4 Å². The molecule has 2 N–H and O–H groups in total. The van der Waals surface area contributed by atoms with E-state index in [2.05, 4.69) is 29.4 Å². The lowest BCUT2D eigenvalue weighted by atomic mass is 10.0. The molecule has 1 aliphatic heterocycles. The van der Waals surface area contributed by atoms with Crippen LogP contribution in [-0.4, -0.2) is 48.3 Å². The van der Waals surface area contributed by atoms with Crippen LogP contribution in [0.15, 0.2) is 0 Å². The molecule has 0 radical (unpaired) electrons. The predicted molar refractivity (Wildman–Crippen MR) is 104 cm³/mol. The lowest BCUT2D eigenvalue weighted by molar-refractivity contribution is 0.0601. The van der Waals surface area contributed by atoms with Crippen molar-refractivity contribution in [1.82, 2.24) is 10.2 Å². The maximum atomic E-state index is 12.0. The molecule has 7 heteroatoms. The Kier molecular flexibility index (Phi) is 6.60. The van der Waals surface area contributed by atoms with Gasteiger partial charge in [0.25, 0.3) is 0 Å². The Labute approximate surface area is 153 Å². The monoisotopic (exact) mass is 369 g/mol. The minimum atomic E-state index is -0.326. The summed E-state index contributed by atoms with van der Waals surface area (Å²) in [5.74, 6) is -0.326. The van der Waals surface area contributed by atoms with Gasteiger partial charge in [0.1, 0.15) is 5.00 Å². The van der Waals surface area contributed by atoms with Gasteiger partial charge in [-0.1, -0.05) is 0 Å². The van der Waals surface area contributed by atoms with Gasteiger partial charge in [-0.05, 0) is 58.3 Å². The summed E-state index contributed by atoms with van der Waals surface area (Å²) in [6.07, 6.45) is 2.15. The topological polar surface area (TPSA) is 53.6 Å². The fourth-order valence-corrected chi connectivity index (χ4v) is 4.33. The van der Waals surface area contributed by atoms with Gasteiger partial charge in [0.05, 0.1) is 12.7 Å². The molecule has 1 aliphatic rings. The van der Waals surface area contributed by atoms with Crippen molar-refractivity contribution < 1.29 is 9.53 Å². The Bertz CT molecular complexity index is 605. The van der Waals surface area contributed by atoms with E-state index in [1.807, 2.05) is 13.8 Å². The third-order valence-corrected chi connectivity index (χ3v) is 5.94. The van der Waals surface area contributed by atoms with E-state index in [-0.39, 0.29) is 5.97 Å². The quantitative estimate of drug-likeness (QED) is 0.627. The van der Waals surface area contributed by atoms with Gasteiger partial charge in [0, 0.05) is 30.1 Å². The number of rotatable bonds is 4. The van der Waals surface area contributed by atoms with Gasteiger partial charge < -0.3 is 20.3 Å². The molecule has 2 rings (SSSR count). The van der Waals surface area contributed by atoms with Crippen molar-refractivity contribution in [3.8, 4) is 0 Å². The minimum Gasteiger partial charge on any atom is -0.465 e. The summed E-state index contributed by atoms with van der Waals surface area (Å²) in [7, 11) is 1.40. The lowest BCUT2D eigenvalue weighted by Gasteiger charge is -2.35. The number of esters is 1. The highest BCUT2D eigenvalue weighted by molar-refractivity contribution is 7.80. The first-order chi connectivity index (χ1) is 11.3. The van der Waals surface area contributed by atoms with Crippen molar-refractivity contribution in [1.29, 1.82) is 0 Å². The zero-order valence-electron chi connectivity index (χ0n) is 15.1. The van der Waals surface area contributed by atoms with Gasteiger partial charge in [-0.25, -0.2) is 4.79 Å². The van der Waals surface area contributed by atoms with Gasteiger partial charge in [0.2, 0.25) is 0 Å². The van der Waals surface area contributed by atoms with Crippen LogP contribution in [0.2, 0.25) is 0 Å². The van der Waals surface area contributed by atoms with Crippen LogP contribution in [0.5, 0.6) is 0 Å². The molecule has 1 aromatic rings. The smallest absolute Gasteiger partial charge is 0.341 e. The van der Waals surface area contributed by atoms with Gasteiger partial charge >= 0.3 is 5.97 Å². The molecule has 0 aliphatic carbocycles. The molecule has 2 heterocycles. The molecule has 24 heavy (non-hydrogen) atoms. The summed E-state index contributed by atoms with van der Waals surface area (Å²) < 4.78 is 4.90. The number of piperidine rings is 1. The van der Waals surface area contributed by atoms with E-state index >= 15 is 0 Å². The van der Waals surface area contributed by atoms with Crippen molar-refractivity contribution in [3.05, 3.63) is 16.0 Å². The third-order valence-electron chi connectivity index (χ3n) is 4.60. The second-order valence-electron chi connectivity index (χ2n) is 6.48. The average molecular weight is 370 g/mol. The number of anilines is 1. The first-order valence-electron chi connectivity index (χ1n) is 8.33. The SMILES string of the molecule is COC(=O)c1c(NC(=S)NC2CCN(C(C)C)CC2)sc(C)c1C. The molecule has 5 nitrogen and oxygen atoms in total. The number of carbonyl (C=O) groups excluding carboxylic acids is 1. The number of nitrogens with one attached hydrogen (secondary N) is 2. The first kappa shape index (κ1) is 19.1. The summed E-state index contributed by atoms with van der Waals surface area (Å²) in [5.41, 5.74) is 1.53. The lowest BCUT2D eigenvalue weighted by Crippen LogP contribution is -2.47. The molecule has 0 atom stereocenters. The standard InChI is InChI=1S/C17H27N3O2S2/c1-10(2)20-8-6-13(7-9-20)18-17(23)19-15-14(16(21)22-5)11(3)12(4)24-15/h10,13H,6-9H2,1-5H3,(H2,18,19,23). The highest BCUT2D eigenvalue weighted by atomic mass is 32.1. The summed E-state index contributed by atoms with van der Waals surface area (Å²) >= 11 is 6.98. The summed E-state index contributed by atoms with van der Waals surface area (Å²) in [4.78, 5) is 15.6. The number of aryl methyl sites for hydroxylation is 1. The first-order valence-corrected chi connectivity index (χ1v) is 9.55. The normalized spacial score (nSPS) is 16.2. The largest absolute Gasteiger partial charge is 0.465 e. The molecule has 0 aromatic carbocycles. The van der Waals surface area contributed by atoms with Crippen molar-refractivity contribution in [2.24, 2.45) is 0 Å². The van der Waals surface area contributed by atoms with Crippen LogP contribution in [-0.2, 0) is 4.74 Å². The van der Waals surface area contributed by atoms with Crippen LogP contribution in [0.1, 0.15) is 47.5 Å². The van der Waals surface area contributed by atoms with Crippen molar-refractivity contribution in [2.45, 2.75) is 52.6 Å². The number of thiocarbonyl (C=S) groups is 1. The number of hydrogen-bond donors (Lipinski definition) is 2. The van der Waals surface area contributed by atoms with E-state index in [4.69, 9.17) is 17.0 Å². The summed E-state index contributed by atoms with van der Waals surface area (Å²) in [6, 6.07) is 0.972. The van der Waals surface area contributed by atoms with Crippen LogP contribution >= 0.6 is 23.6 Å². The van der Waals surface area contributed by atoms with Crippen LogP contribution < -0.4 is 10.6 Å². The molecule has 134 valence electrons. The maximum absolute atomic E-state index is 12.0. The fourth-order valence-electron chi connectivity index (χ4n) is 2.95. The van der Waals surface area contributed by atoms with Crippen molar-refractivity contribution in [2.75, 3.05) is 25.5 Å². The molecule has 1 aromatic heterocycles. The summed E-state index contributed by atoms with van der Waals surface area (Å²) in [5, 5.41) is 7.91. The van der Waals surface area contributed by atoms with Gasteiger partial charge in [-0.15, -0.1) is 11.3 Å². The number of likely N-dealkylation sites (tertiary alicyclic amines) is 1. The molecule has 0 saturated carbocycles. The van der Waals surface area contributed by atoms with E-state index in [1.165, 1.54) is 18.4 Å². The van der Waals surface area contributed by atoms with Gasteiger partial charge in [-0.2, -0.15) is 0 Å². The average Bonchev–Trinajstić information content (AvgIpc) is 2.81. The van der Waals surface area contributed by atoms with Gasteiger partial charge in [0.15, 0.2) is 5.11 Å². The number of nitrogens with zero attached hydrogens (tertiary/aromatic N) is 1. The van der Waals surface area contributed by atoms with Crippen molar-refractivity contribution in [3.63, 3.8) is 0 Å². The zero-order valence-corrected chi connectivity index (χ0v) is 16.7. The molecule has 0 amide bonds. The number of thiophene rings is 1. The highest BCUT2D eigenvalue weighted by Gasteiger charge is 2.23. The number of ether oxygens (including phenoxy) is 1. The van der Waals surface area contributed by atoms with E-state index in [0.29, 0.717) is 22.8 Å². The highest BCUT2D eigenvalue weighted by Crippen LogP contribution is 2.32. The van der Waals surface area contributed by atoms with Crippen LogP contribution in [0, 0.1) is 13.8 Å². The van der Waals surface area contributed by atoms with Crippen LogP contribution in [0.25, 0.3) is 0 Å². The molecule has 0 bridgehead atoms. The number of methoxy groups -OCH3 is 1.